The lowest BCUT2D eigenvalue weighted by Crippen LogP contribution is -2.46. The SMILES string of the molecule is COc1ccc2c(c1)c1c(n2C(=O)c2ccc(Cl)cc2)C2C[N-]CCN2C(=O)C1. The van der Waals surface area contributed by atoms with Crippen molar-refractivity contribution in [2.75, 3.05) is 26.7 Å². The average Bonchev–Trinajstić information content (AvgIpc) is 3.07. The van der Waals surface area contributed by atoms with Crippen LogP contribution in [0, 0.1) is 0 Å². The van der Waals surface area contributed by atoms with Gasteiger partial charge in [-0.05, 0) is 48.0 Å². The fourth-order valence-corrected chi connectivity index (χ4v) is 4.52. The number of rotatable bonds is 2. The van der Waals surface area contributed by atoms with E-state index in [0.717, 1.165) is 22.2 Å². The molecular formula is C22H19ClN3O3-. The first-order chi connectivity index (χ1) is 14.1. The first-order valence-electron chi connectivity index (χ1n) is 9.52. The molecule has 0 bridgehead atoms. The van der Waals surface area contributed by atoms with Crippen molar-refractivity contribution in [3.05, 3.63) is 69.6 Å². The fraction of sp³-hybridized carbons (Fsp3) is 0.273. The fourth-order valence-electron chi connectivity index (χ4n) is 4.39. The van der Waals surface area contributed by atoms with Gasteiger partial charge in [-0.3, -0.25) is 14.2 Å². The number of halogens is 1. The molecule has 1 saturated heterocycles. The van der Waals surface area contributed by atoms with E-state index in [0.29, 0.717) is 36.0 Å². The van der Waals surface area contributed by atoms with Crippen molar-refractivity contribution in [1.29, 1.82) is 0 Å². The van der Waals surface area contributed by atoms with Crippen LogP contribution in [0.2, 0.25) is 5.02 Å². The predicted octanol–water partition coefficient (Wildman–Crippen LogP) is 3.80. The molecule has 29 heavy (non-hydrogen) atoms. The third-order valence-corrected chi connectivity index (χ3v) is 6.01. The van der Waals surface area contributed by atoms with E-state index in [-0.39, 0.29) is 24.3 Å². The van der Waals surface area contributed by atoms with Gasteiger partial charge in [0.15, 0.2) is 0 Å². The molecule has 0 spiro atoms. The van der Waals surface area contributed by atoms with Gasteiger partial charge < -0.3 is 15.0 Å². The number of hydrogen-bond acceptors (Lipinski definition) is 3. The van der Waals surface area contributed by atoms with Crippen molar-refractivity contribution in [2.45, 2.75) is 12.5 Å². The molecule has 2 aromatic carbocycles. The van der Waals surface area contributed by atoms with Gasteiger partial charge in [0.1, 0.15) is 5.75 Å². The Morgan fingerprint density at radius 3 is 2.76 bits per heavy atom. The molecule has 1 amide bonds. The average molecular weight is 409 g/mol. The Kier molecular flexibility index (Phi) is 4.33. The molecule has 0 radical (unpaired) electrons. The van der Waals surface area contributed by atoms with Crippen molar-refractivity contribution in [3.8, 4) is 5.75 Å². The summed E-state index contributed by atoms with van der Waals surface area (Å²) in [5.41, 5.74) is 3.07. The van der Waals surface area contributed by atoms with Gasteiger partial charge in [-0.25, -0.2) is 0 Å². The summed E-state index contributed by atoms with van der Waals surface area (Å²) in [5.74, 6) is 0.635. The van der Waals surface area contributed by atoms with E-state index < -0.39 is 0 Å². The van der Waals surface area contributed by atoms with E-state index in [1.807, 2.05) is 23.1 Å². The lowest BCUT2D eigenvalue weighted by atomic mass is 9.95. The van der Waals surface area contributed by atoms with Gasteiger partial charge in [0.05, 0.1) is 30.8 Å². The topological polar surface area (TPSA) is 65.6 Å². The van der Waals surface area contributed by atoms with Crippen molar-refractivity contribution in [1.82, 2.24) is 9.47 Å². The Bertz CT molecular complexity index is 1140. The molecule has 148 valence electrons. The number of amides is 1. The maximum atomic E-state index is 13.6. The highest BCUT2D eigenvalue weighted by Crippen LogP contribution is 2.41. The minimum atomic E-state index is -0.227. The van der Waals surface area contributed by atoms with Crippen molar-refractivity contribution < 1.29 is 14.3 Å². The summed E-state index contributed by atoms with van der Waals surface area (Å²) >= 11 is 6.00. The van der Waals surface area contributed by atoms with Gasteiger partial charge in [0, 0.05) is 22.5 Å². The number of nitrogens with zero attached hydrogens (tertiary/aromatic N) is 3. The van der Waals surface area contributed by atoms with Crippen LogP contribution >= 0.6 is 11.6 Å². The highest BCUT2D eigenvalue weighted by Gasteiger charge is 2.37. The van der Waals surface area contributed by atoms with Gasteiger partial charge >= 0.3 is 0 Å². The molecule has 0 aliphatic carbocycles. The molecule has 6 nitrogen and oxygen atoms in total. The highest BCUT2D eigenvalue weighted by molar-refractivity contribution is 6.30. The molecule has 3 aromatic rings. The number of carbonyl (C=O) groups is 2. The Morgan fingerprint density at radius 1 is 1.21 bits per heavy atom. The summed E-state index contributed by atoms with van der Waals surface area (Å²) in [7, 11) is 1.61. The zero-order valence-electron chi connectivity index (χ0n) is 15.9. The van der Waals surface area contributed by atoms with Gasteiger partial charge in [-0.2, -0.15) is 0 Å². The quantitative estimate of drug-likeness (QED) is 0.647. The van der Waals surface area contributed by atoms with Crippen molar-refractivity contribution in [3.63, 3.8) is 0 Å². The lowest BCUT2D eigenvalue weighted by molar-refractivity contribution is -0.134. The number of fused-ring (bicyclic) bond motifs is 5. The number of benzene rings is 2. The second-order valence-corrected chi connectivity index (χ2v) is 7.74. The van der Waals surface area contributed by atoms with Crippen LogP contribution in [0.15, 0.2) is 42.5 Å². The first-order valence-corrected chi connectivity index (χ1v) is 9.90. The van der Waals surface area contributed by atoms with Crippen molar-refractivity contribution >= 4 is 34.3 Å². The van der Waals surface area contributed by atoms with Gasteiger partial charge in [-0.15, -0.1) is 13.1 Å². The molecular weight excluding hydrogens is 390 g/mol. The second kappa shape index (κ2) is 6.90. The van der Waals surface area contributed by atoms with E-state index in [1.54, 1.807) is 35.9 Å². The smallest absolute Gasteiger partial charge is 0.262 e. The molecule has 5 rings (SSSR count). The van der Waals surface area contributed by atoms with Gasteiger partial charge in [0.25, 0.3) is 5.91 Å². The zero-order valence-corrected chi connectivity index (χ0v) is 16.6. The summed E-state index contributed by atoms with van der Waals surface area (Å²) < 4.78 is 7.14. The summed E-state index contributed by atoms with van der Waals surface area (Å²) in [5, 5.41) is 5.98. The molecule has 3 heterocycles. The summed E-state index contributed by atoms with van der Waals surface area (Å²) in [6.45, 7) is 1.72. The van der Waals surface area contributed by atoms with Crippen LogP contribution in [-0.4, -0.2) is 48.0 Å². The summed E-state index contributed by atoms with van der Waals surface area (Å²) in [6.07, 6.45) is 0.274. The Labute approximate surface area is 173 Å². The van der Waals surface area contributed by atoms with Crippen LogP contribution in [-0.2, 0) is 11.2 Å². The number of carbonyl (C=O) groups excluding carboxylic acids is 2. The number of aromatic nitrogens is 1. The Hall–Kier alpha value is -2.83. The number of hydrogen-bond donors (Lipinski definition) is 0. The van der Waals surface area contributed by atoms with Crippen LogP contribution in [0.25, 0.3) is 16.2 Å². The second-order valence-electron chi connectivity index (χ2n) is 7.30. The Morgan fingerprint density at radius 2 is 2.00 bits per heavy atom. The maximum absolute atomic E-state index is 13.6. The first kappa shape index (κ1) is 18.2. The van der Waals surface area contributed by atoms with Crippen LogP contribution < -0.4 is 4.74 Å². The summed E-state index contributed by atoms with van der Waals surface area (Å²) in [4.78, 5) is 28.2. The van der Waals surface area contributed by atoms with Crippen LogP contribution in [0.1, 0.15) is 27.7 Å². The third-order valence-electron chi connectivity index (χ3n) is 5.76. The third kappa shape index (κ3) is 2.82. The maximum Gasteiger partial charge on any atom is 0.262 e. The van der Waals surface area contributed by atoms with E-state index in [1.165, 1.54) is 0 Å². The molecule has 2 aliphatic heterocycles. The standard InChI is InChI=1S/C22H19ClN3O3/c1-29-15-6-7-18-16(10-15)17-11-20(27)25-9-8-24-12-19(25)21(17)26(18)22(28)13-2-4-14(23)5-3-13/h2-7,10,19H,8-9,11-12H2,1H3/q-1. The number of ether oxygens (including phenoxy) is 1. The van der Waals surface area contributed by atoms with Crippen molar-refractivity contribution in [2.24, 2.45) is 0 Å². The van der Waals surface area contributed by atoms with Crippen LogP contribution in [0.3, 0.4) is 0 Å². The summed E-state index contributed by atoms with van der Waals surface area (Å²) in [6, 6.07) is 12.3. The normalized spacial score (nSPS) is 18.5. The zero-order chi connectivity index (χ0) is 20.1. The molecule has 2 aliphatic rings. The van der Waals surface area contributed by atoms with Crippen LogP contribution in [0.4, 0.5) is 0 Å². The molecule has 1 atom stereocenters. The lowest BCUT2D eigenvalue weighted by Gasteiger charge is -2.46. The Balaban J connectivity index is 1.77. The van der Waals surface area contributed by atoms with E-state index in [2.05, 4.69) is 5.32 Å². The minimum absolute atomic E-state index is 0.0817. The number of piperazine rings is 1. The van der Waals surface area contributed by atoms with Crippen LogP contribution in [0.5, 0.6) is 5.75 Å². The highest BCUT2D eigenvalue weighted by atomic mass is 35.5. The number of methoxy groups -OCH3 is 1. The minimum Gasteiger partial charge on any atom is -0.659 e. The van der Waals surface area contributed by atoms with Gasteiger partial charge in [-0.1, -0.05) is 11.6 Å². The van der Waals surface area contributed by atoms with E-state index in [9.17, 15) is 9.59 Å². The van der Waals surface area contributed by atoms with E-state index >= 15 is 0 Å². The molecule has 0 saturated carbocycles. The largest absolute Gasteiger partial charge is 0.659 e. The molecule has 0 N–H and O–H groups in total. The molecule has 7 heteroatoms. The van der Waals surface area contributed by atoms with E-state index in [4.69, 9.17) is 16.3 Å². The monoisotopic (exact) mass is 408 g/mol. The molecule has 1 unspecified atom stereocenters. The molecule has 1 fully saturated rings. The molecule has 1 aromatic heterocycles. The predicted molar refractivity (Wildman–Crippen MR) is 111 cm³/mol. The van der Waals surface area contributed by atoms with Gasteiger partial charge in [0.2, 0.25) is 5.91 Å².